The molecule has 0 fully saturated rings. The largest absolute Gasteiger partial charge is 0.494 e. The van der Waals surface area contributed by atoms with Gasteiger partial charge in [-0.1, -0.05) is 12.1 Å². The molecule has 19 heavy (non-hydrogen) atoms. The van der Waals surface area contributed by atoms with Crippen molar-refractivity contribution in [3.05, 3.63) is 47.8 Å². The van der Waals surface area contributed by atoms with Crippen LogP contribution >= 0.6 is 0 Å². The van der Waals surface area contributed by atoms with Gasteiger partial charge in [0.2, 0.25) is 0 Å². The molecule has 0 aliphatic rings. The number of ether oxygens (including phenoxy) is 1. The number of benzene rings is 1. The van der Waals surface area contributed by atoms with Crippen LogP contribution in [0.25, 0.3) is 0 Å². The highest BCUT2D eigenvalue weighted by atomic mass is 16.5. The Bertz CT molecular complexity index is 524. The van der Waals surface area contributed by atoms with Crippen molar-refractivity contribution < 1.29 is 4.74 Å². The molecule has 1 heterocycles. The average molecular weight is 260 g/mol. The van der Waals surface area contributed by atoms with E-state index in [-0.39, 0.29) is 6.04 Å². The highest BCUT2D eigenvalue weighted by Crippen LogP contribution is 2.24. The summed E-state index contributed by atoms with van der Waals surface area (Å²) in [7, 11) is 0. The Kier molecular flexibility index (Phi) is 4.54. The summed E-state index contributed by atoms with van der Waals surface area (Å²) >= 11 is 0. The minimum Gasteiger partial charge on any atom is -0.494 e. The Morgan fingerprint density at radius 2 is 2.21 bits per heavy atom. The summed E-state index contributed by atoms with van der Waals surface area (Å²) < 4.78 is 7.40. The molecule has 0 aliphatic carbocycles. The molecule has 1 unspecified atom stereocenters. The number of nitrogens with zero attached hydrogens (tertiary/aromatic N) is 2. The molecular weight excluding hydrogens is 240 g/mol. The normalized spacial score (nSPS) is 12.4. The topological polar surface area (TPSA) is 65.1 Å². The average Bonchev–Trinajstić information content (AvgIpc) is 2.89. The third-order valence-electron chi connectivity index (χ3n) is 2.98. The molecule has 5 heteroatoms. The lowest BCUT2D eigenvalue weighted by atomic mass is 10.0. The molecule has 3 N–H and O–H groups in total. The van der Waals surface area contributed by atoms with Gasteiger partial charge in [-0.3, -0.25) is 10.5 Å². The van der Waals surface area contributed by atoms with Gasteiger partial charge >= 0.3 is 0 Å². The summed E-state index contributed by atoms with van der Waals surface area (Å²) in [5.74, 6) is 6.53. The first kappa shape index (κ1) is 13.6. The van der Waals surface area contributed by atoms with E-state index in [1.54, 1.807) is 0 Å². The molecule has 1 atom stereocenters. The molecule has 0 aliphatic heterocycles. The first-order valence-corrected chi connectivity index (χ1v) is 6.49. The number of rotatable bonds is 6. The van der Waals surface area contributed by atoms with Crippen molar-refractivity contribution in [2.24, 2.45) is 5.84 Å². The quantitative estimate of drug-likeness (QED) is 0.614. The summed E-state index contributed by atoms with van der Waals surface area (Å²) in [6, 6.07) is 7.85. The van der Waals surface area contributed by atoms with Crippen LogP contribution in [0.4, 0.5) is 0 Å². The Hall–Kier alpha value is -1.85. The lowest BCUT2D eigenvalue weighted by molar-refractivity contribution is 0.339. The zero-order valence-electron chi connectivity index (χ0n) is 11.3. The van der Waals surface area contributed by atoms with Gasteiger partial charge in [0, 0.05) is 18.3 Å². The van der Waals surface area contributed by atoms with E-state index in [1.165, 1.54) is 0 Å². The summed E-state index contributed by atoms with van der Waals surface area (Å²) in [6.07, 6.45) is 3.83. The standard InChI is InChI=1S/C14H20N4O/c1-3-18-10-12(9-16-18)14(17-15)11-6-5-7-13(8-11)19-4-2/h5-10,14,17H,3-4,15H2,1-2H3. The molecule has 2 rings (SSSR count). The van der Waals surface area contributed by atoms with Crippen LogP contribution in [-0.2, 0) is 6.54 Å². The van der Waals surface area contributed by atoms with Gasteiger partial charge in [-0.25, -0.2) is 5.43 Å². The van der Waals surface area contributed by atoms with E-state index in [0.717, 1.165) is 23.4 Å². The highest BCUT2D eigenvalue weighted by molar-refractivity contribution is 5.35. The fourth-order valence-corrected chi connectivity index (χ4v) is 2.04. The Morgan fingerprint density at radius 1 is 1.37 bits per heavy atom. The second-order valence-electron chi connectivity index (χ2n) is 4.23. The minimum atomic E-state index is -0.0827. The van der Waals surface area contributed by atoms with Crippen LogP contribution in [0.2, 0.25) is 0 Å². The molecule has 0 bridgehead atoms. The van der Waals surface area contributed by atoms with Crippen LogP contribution in [0.5, 0.6) is 5.75 Å². The molecule has 5 nitrogen and oxygen atoms in total. The summed E-state index contributed by atoms with van der Waals surface area (Å²) in [6.45, 7) is 5.52. The first-order chi connectivity index (χ1) is 9.28. The van der Waals surface area contributed by atoms with Gasteiger partial charge < -0.3 is 4.74 Å². The second kappa shape index (κ2) is 6.36. The van der Waals surface area contributed by atoms with Crippen LogP contribution in [-0.4, -0.2) is 16.4 Å². The molecule has 1 aromatic carbocycles. The minimum absolute atomic E-state index is 0.0827. The van der Waals surface area contributed by atoms with Crippen molar-refractivity contribution in [1.29, 1.82) is 0 Å². The van der Waals surface area contributed by atoms with Crippen LogP contribution in [0.3, 0.4) is 0 Å². The molecule has 102 valence electrons. The number of hydrogen-bond donors (Lipinski definition) is 2. The maximum Gasteiger partial charge on any atom is 0.119 e. The van der Waals surface area contributed by atoms with Gasteiger partial charge in [-0.05, 0) is 31.5 Å². The van der Waals surface area contributed by atoms with E-state index in [1.807, 2.05) is 48.3 Å². The monoisotopic (exact) mass is 260 g/mol. The van der Waals surface area contributed by atoms with Crippen molar-refractivity contribution in [3.8, 4) is 5.75 Å². The van der Waals surface area contributed by atoms with Crippen LogP contribution in [0.1, 0.15) is 31.0 Å². The van der Waals surface area contributed by atoms with E-state index in [2.05, 4.69) is 17.4 Å². The van der Waals surface area contributed by atoms with Gasteiger partial charge in [0.05, 0.1) is 18.8 Å². The predicted molar refractivity (Wildman–Crippen MR) is 74.7 cm³/mol. The van der Waals surface area contributed by atoms with Crippen molar-refractivity contribution in [2.75, 3.05) is 6.61 Å². The molecule has 1 aromatic heterocycles. The Labute approximate surface area is 113 Å². The molecule has 0 amide bonds. The first-order valence-electron chi connectivity index (χ1n) is 6.49. The van der Waals surface area contributed by atoms with E-state index in [0.29, 0.717) is 6.61 Å². The van der Waals surface area contributed by atoms with E-state index >= 15 is 0 Å². The Morgan fingerprint density at radius 3 is 2.84 bits per heavy atom. The highest BCUT2D eigenvalue weighted by Gasteiger charge is 2.14. The lowest BCUT2D eigenvalue weighted by Crippen LogP contribution is -2.28. The summed E-state index contributed by atoms with van der Waals surface area (Å²) in [4.78, 5) is 0. The lowest BCUT2D eigenvalue weighted by Gasteiger charge is -2.15. The van der Waals surface area contributed by atoms with Crippen molar-refractivity contribution >= 4 is 0 Å². The van der Waals surface area contributed by atoms with Crippen molar-refractivity contribution in [2.45, 2.75) is 26.4 Å². The second-order valence-corrected chi connectivity index (χ2v) is 4.23. The van der Waals surface area contributed by atoms with Gasteiger partial charge in [0.1, 0.15) is 5.75 Å². The summed E-state index contributed by atoms with van der Waals surface area (Å²) in [5.41, 5.74) is 4.93. The van der Waals surface area contributed by atoms with E-state index < -0.39 is 0 Å². The maximum absolute atomic E-state index is 5.68. The van der Waals surface area contributed by atoms with Crippen LogP contribution in [0, 0.1) is 0 Å². The SMILES string of the molecule is CCOc1cccc(C(NN)c2cnn(CC)c2)c1. The molecule has 0 spiro atoms. The van der Waals surface area contributed by atoms with Gasteiger partial charge in [-0.15, -0.1) is 0 Å². The van der Waals surface area contributed by atoms with Gasteiger partial charge in [0.25, 0.3) is 0 Å². The molecule has 0 saturated heterocycles. The third-order valence-corrected chi connectivity index (χ3v) is 2.98. The van der Waals surface area contributed by atoms with E-state index in [4.69, 9.17) is 10.6 Å². The number of hydrogen-bond acceptors (Lipinski definition) is 4. The zero-order valence-corrected chi connectivity index (χ0v) is 11.3. The zero-order chi connectivity index (χ0) is 13.7. The van der Waals surface area contributed by atoms with Gasteiger partial charge in [-0.2, -0.15) is 5.10 Å². The predicted octanol–water partition coefficient (Wildman–Crippen LogP) is 1.85. The number of nitrogens with two attached hydrogens (primary N) is 1. The molecular formula is C14H20N4O. The fraction of sp³-hybridized carbons (Fsp3) is 0.357. The smallest absolute Gasteiger partial charge is 0.119 e. The van der Waals surface area contributed by atoms with E-state index in [9.17, 15) is 0 Å². The maximum atomic E-state index is 5.68. The van der Waals surface area contributed by atoms with Crippen molar-refractivity contribution in [1.82, 2.24) is 15.2 Å². The third kappa shape index (κ3) is 3.13. The molecule has 0 radical (unpaired) electrons. The number of aromatic nitrogens is 2. The molecule has 2 aromatic rings. The summed E-state index contributed by atoms with van der Waals surface area (Å²) in [5, 5.41) is 4.28. The fourth-order valence-electron chi connectivity index (χ4n) is 2.04. The number of aryl methyl sites for hydroxylation is 1. The Balaban J connectivity index is 2.28. The van der Waals surface area contributed by atoms with Crippen LogP contribution in [0.15, 0.2) is 36.7 Å². The number of hydrazine groups is 1. The van der Waals surface area contributed by atoms with Gasteiger partial charge in [0.15, 0.2) is 0 Å². The van der Waals surface area contributed by atoms with Crippen LogP contribution < -0.4 is 16.0 Å². The molecule has 0 saturated carbocycles. The number of nitrogens with one attached hydrogen (secondary N) is 1. The van der Waals surface area contributed by atoms with Crippen molar-refractivity contribution in [3.63, 3.8) is 0 Å².